The third-order valence-corrected chi connectivity index (χ3v) is 2.24. The second kappa shape index (κ2) is 4.31. The minimum absolute atomic E-state index is 0.324. The number of aryl methyl sites for hydroxylation is 1. The maximum atomic E-state index is 11.0. The molecule has 0 fully saturated rings. The fourth-order valence-electron chi connectivity index (χ4n) is 1.30. The van der Waals surface area contributed by atoms with Gasteiger partial charge in [-0.15, -0.1) is 0 Å². The first-order valence-electron chi connectivity index (χ1n) is 4.43. The quantitative estimate of drug-likeness (QED) is 0.660. The van der Waals surface area contributed by atoms with Gasteiger partial charge in [-0.3, -0.25) is 4.68 Å². The molecule has 2 N–H and O–H groups in total. The minimum Gasteiger partial charge on any atom is -0.479 e. The first-order chi connectivity index (χ1) is 7.42. The highest BCUT2D eigenvalue weighted by molar-refractivity contribution is 6.02. The van der Waals surface area contributed by atoms with E-state index in [1.165, 1.54) is 4.68 Å². The lowest BCUT2D eigenvalue weighted by Crippen LogP contribution is -2.50. The van der Waals surface area contributed by atoms with Crippen LogP contribution in [0.4, 0.5) is 0 Å². The van der Waals surface area contributed by atoms with E-state index < -0.39 is 17.5 Å². The molecule has 1 heterocycles. The first-order valence-corrected chi connectivity index (χ1v) is 4.43. The van der Waals surface area contributed by atoms with Crippen LogP contribution in [0.25, 0.3) is 0 Å². The molecule has 0 saturated heterocycles. The predicted octanol–water partition coefficient (Wildman–Crippen LogP) is -0.483. The van der Waals surface area contributed by atoms with Crippen LogP contribution in [0, 0.1) is 0 Å². The molecule has 0 saturated carbocycles. The third kappa shape index (κ3) is 2.03. The molecule has 0 aliphatic carbocycles. The summed E-state index contributed by atoms with van der Waals surface area (Å²) >= 11 is 0. The average Bonchev–Trinajstić information content (AvgIpc) is 2.59. The van der Waals surface area contributed by atoms with Gasteiger partial charge in [0.2, 0.25) is 0 Å². The number of nitrogens with zero attached hydrogens (tertiary/aromatic N) is 2. The van der Waals surface area contributed by atoms with Crippen LogP contribution in [0.1, 0.15) is 5.69 Å². The predicted molar refractivity (Wildman–Crippen MR) is 51.9 cm³/mol. The fraction of sp³-hybridized carbons (Fsp3) is 0.444. The summed E-state index contributed by atoms with van der Waals surface area (Å²) in [5.74, 6) is -3.10. The largest absolute Gasteiger partial charge is 0.479 e. The lowest BCUT2D eigenvalue weighted by molar-refractivity contribution is -0.179. The van der Waals surface area contributed by atoms with Crippen molar-refractivity contribution in [2.45, 2.75) is 12.0 Å². The molecule has 88 valence electrons. The average molecular weight is 228 g/mol. The molecule has 0 aliphatic rings. The van der Waals surface area contributed by atoms with Gasteiger partial charge >= 0.3 is 11.9 Å². The van der Waals surface area contributed by atoms with E-state index in [0.29, 0.717) is 5.69 Å². The van der Waals surface area contributed by atoms with Crippen molar-refractivity contribution in [2.24, 2.45) is 7.05 Å². The number of rotatable bonds is 5. The molecule has 0 amide bonds. The molecule has 1 rings (SSSR count). The molecule has 0 aromatic carbocycles. The molecule has 16 heavy (non-hydrogen) atoms. The second-order valence-electron chi connectivity index (χ2n) is 3.30. The lowest BCUT2D eigenvalue weighted by atomic mass is 9.98. The van der Waals surface area contributed by atoms with E-state index in [1.807, 2.05) is 0 Å². The Labute approximate surface area is 91.3 Å². The number of carboxylic acids is 2. The van der Waals surface area contributed by atoms with E-state index in [0.717, 1.165) is 7.11 Å². The van der Waals surface area contributed by atoms with Gasteiger partial charge in [0.05, 0.1) is 5.69 Å². The Hall–Kier alpha value is -1.89. The van der Waals surface area contributed by atoms with Gasteiger partial charge in [0.1, 0.15) is 0 Å². The van der Waals surface area contributed by atoms with Crippen molar-refractivity contribution < 1.29 is 24.5 Å². The van der Waals surface area contributed by atoms with Crippen molar-refractivity contribution in [3.8, 4) is 0 Å². The van der Waals surface area contributed by atoms with Crippen LogP contribution in [0.3, 0.4) is 0 Å². The summed E-state index contributed by atoms with van der Waals surface area (Å²) in [6.45, 7) is 0. The van der Waals surface area contributed by atoms with Gasteiger partial charge in [-0.05, 0) is 6.07 Å². The SMILES string of the molecule is COC(Cc1ccn(C)n1)(C(=O)O)C(=O)O. The van der Waals surface area contributed by atoms with E-state index in [4.69, 9.17) is 10.2 Å². The summed E-state index contributed by atoms with van der Waals surface area (Å²) in [4.78, 5) is 21.9. The number of aromatic nitrogens is 2. The summed E-state index contributed by atoms with van der Waals surface area (Å²) in [5, 5.41) is 21.8. The molecular weight excluding hydrogens is 216 g/mol. The van der Waals surface area contributed by atoms with Crippen LogP contribution in [0.5, 0.6) is 0 Å². The van der Waals surface area contributed by atoms with Crippen molar-refractivity contribution in [3.63, 3.8) is 0 Å². The summed E-state index contributed by atoms with van der Waals surface area (Å²) in [6.07, 6.45) is 1.27. The van der Waals surface area contributed by atoms with Gasteiger partial charge < -0.3 is 14.9 Å². The van der Waals surface area contributed by atoms with Crippen LogP contribution in [0.2, 0.25) is 0 Å². The van der Waals surface area contributed by atoms with E-state index in [9.17, 15) is 9.59 Å². The molecule has 0 atom stereocenters. The number of carbonyl (C=O) groups is 2. The van der Waals surface area contributed by atoms with Crippen molar-refractivity contribution in [2.75, 3.05) is 7.11 Å². The van der Waals surface area contributed by atoms with Crippen LogP contribution in [-0.4, -0.2) is 44.6 Å². The zero-order chi connectivity index (χ0) is 12.3. The molecule has 1 aromatic heterocycles. The van der Waals surface area contributed by atoms with Crippen molar-refractivity contribution in [3.05, 3.63) is 18.0 Å². The highest BCUT2D eigenvalue weighted by Crippen LogP contribution is 2.17. The number of ether oxygens (including phenoxy) is 1. The van der Waals surface area contributed by atoms with E-state index >= 15 is 0 Å². The van der Waals surface area contributed by atoms with E-state index in [-0.39, 0.29) is 6.42 Å². The maximum absolute atomic E-state index is 11.0. The first kappa shape index (κ1) is 12.2. The topological polar surface area (TPSA) is 102 Å². The summed E-state index contributed by atoms with van der Waals surface area (Å²) in [6, 6.07) is 1.54. The zero-order valence-corrected chi connectivity index (χ0v) is 8.88. The molecule has 0 radical (unpaired) electrons. The van der Waals surface area contributed by atoms with Crippen molar-refractivity contribution in [1.29, 1.82) is 0 Å². The van der Waals surface area contributed by atoms with Crippen molar-refractivity contribution in [1.82, 2.24) is 9.78 Å². The normalized spacial score (nSPS) is 11.4. The van der Waals surface area contributed by atoms with Gasteiger partial charge in [0, 0.05) is 26.8 Å². The Bertz CT molecular complexity index is 398. The molecule has 7 heteroatoms. The Morgan fingerprint density at radius 1 is 1.50 bits per heavy atom. The molecule has 7 nitrogen and oxygen atoms in total. The molecule has 0 aliphatic heterocycles. The van der Waals surface area contributed by atoms with Gasteiger partial charge in [0.25, 0.3) is 5.60 Å². The number of hydrogen-bond acceptors (Lipinski definition) is 4. The van der Waals surface area contributed by atoms with Gasteiger partial charge in [0.15, 0.2) is 0 Å². The monoisotopic (exact) mass is 228 g/mol. The third-order valence-electron chi connectivity index (χ3n) is 2.24. The number of carboxylic acid groups (broad SMARTS) is 2. The Morgan fingerprint density at radius 2 is 2.06 bits per heavy atom. The van der Waals surface area contributed by atoms with Crippen LogP contribution >= 0.6 is 0 Å². The second-order valence-corrected chi connectivity index (χ2v) is 3.30. The molecule has 0 unspecified atom stereocenters. The lowest BCUT2D eigenvalue weighted by Gasteiger charge is -2.21. The van der Waals surface area contributed by atoms with Crippen LogP contribution in [0.15, 0.2) is 12.3 Å². The Morgan fingerprint density at radius 3 is 2.38 bits per heavy atom. The van der Waals surface area contributed by atoms with Crippen LogP contribution < -0.4 is 0 Å². The maximum Gasteiger partial charge on any atom is 0.348 e. The Balaban J connectivity index is 3.03. The highest BCUT2D eigenvalue weighted by Gasteiger charge is 2.47. The van der Waals surface area contributed by atoms with Gasteiger partial charge in [-0.1, -0.05) is 0 Å². The Kier molecular flexibility index (Phi) is 3.28. The standard InChI is InChI=1S/C9H12N2O5/c1-11-4-3-6(10-11)5-9(16-2,7(12)13)8(14)15/h3-4H,5H2,1-2H3,(H,12,13)(H,14,15). The molecule has 0 bridgehead atoms. The molecule has 0 spiro atoms. The number of hydrogen-bond donors (Lipinski definition) is 2. The van der Waals surface area contributed by atoms with Crippen molar-refractivity contribution >= 4 is 11.9 Å². The summed E-state index contributed by atoms with van der Waals surface area (Å²) in [7, 11) is 2.70. The van der Waals surface area contributed by atoms with Gasteiger partial charge in [-0.2, -0.15) is 5.10 Å². The zero-order valence-electron chi connectivity index (χ0n) is 8.88. The molecular formula is C9H12N2O5. The van der Waals surface area contributed by atoms with Crippen LogP contribution in [-0.2, 0) is 27.8 Å². The fourth-order valence-corrected chi connectivity index (χ4v) is 1.30. The highest BCUT2D eigenvalue weighted by atomic mass is 16.5. The van der Waals surface area contributed by atoms with E-state index in [2.05, 4.69) is 9.84 Å². The smallest absolute Gasteiger partial charge is 0.348 e. The van der Waals surface area contributed by atoms with Gasteiger partial charge in [-0.25, -0.2) is 9.59 Å². The molecule has 1 aromatic rings. The number of methoxy groups -OCH3 is 1. The summed E-state index contributed by atoms with van der Waals surface area (Å²) in [5.41, 5.74) is -1.94. The number of aliphatic carboxylic acids is 2. The minimum atomic E-state index is -2.28. The van der Waals surface area contributed by atoms with E-state index in [1.54, 1.807) is 19.3 Å². The summed E-state index contributed by atoms with van der Waals surface area (Å²) < 4.78 is 6.08.